The van der Waals surface area contributed by atoms with Crippen LogP contribution in [0.2, 0.25) is 0 Å². The first-order chi connectivity index (χ1) is 11.2. The van der Waals surface area contributed by atoms with Gasteiger partial charge >= 0.3 is 12.1 Å². The van der Waals surface area contributed by atoms with E-state index in [1.165, 1.54) is 31.3 Å². The zero-order chi connectivity index (χ0) is 17.9. The molecule has 0 fully saturated rings. The van der Waals surface area contributed by atoms with Gasteiger partial charge in [0.1, 0.15) is 0 Å². The zero-order valence-electron chi connectivity index (χ0n) is 12.5. The van der Waals surface area contributed by atoms with Gasteiger partial charge in [-0.3, -0.25) is 9.59 Å². The van der Waals surface area contributed by atoms with Crippen LogP contribution >= 0.6 is 0 Å². The van der Waals surface area contributed by atoms with Crippen molar-refractivity contribution in [2.45, 2.75) is 25.6 Å². The first-order valence-electron chi connectivity index (χ1n) is 6.93. The first kappa shape index (κ1) is 17.5. The van der Waals surface area contributed by atoms with Crippen LogP contribution in [0.3, 0.4) is 0 Å². The molecule has 2 aromatic rings. The molecule has 0 spiro atoms. The van der Waals surface area contributed by atoms with Crippen LogP contribution in [0.5, 0.6) is 0 Å². The number of hydrogen-bond acceptors (Lipinski definition) is 3. The molecule has 0 aliphatic rings. The molecule has 1 unspecified atom stereocenters. The molecule has 128 valence electrons. The van der Waals surface area contributed by atoms with Gasteiger partial charge in [-0.05, 0) is 31.2 Å². The fraction of sp³-hybridized carbons (Fsp3) is 0.267. The third-order valence-corrected chi connectivity index (χ3v) is 3.12. The Balaban J connectivity index is 2.16. The Bertz CT molecular complexity index is 756. The largest absolute Gasteiger partial charge is 0.481 e. The molecule has 0 saturated carbocycles. The van der Waals surface area contributed by atoms with Crippen molar-refractivity contribution in [1.82, 2.24) is 15.1 Å². The van der Waals surface area contributed by atoms with Gasteiger partial charge in [0, 0.05) is 12.2 Å². The van der Waals surface area contributed by atoms with E-state index in [9.17, 15) is 22.8 Å². The molecule has 2 N–H and O–H groups in total. The number of carboxylic acid groups (broad SMARTS) is 1. The van der Waals surface area contributed by atoms with E-state index in [-0.39, 0.29) is 17.8 Å². The maximum atomic E-state index is 12.7. The molecule has 0 radical (unpaired) electrons. The average Bonchev–Trinajstić information content (AvgIpc) is 2.95. The van der Waals surface area contributed by atoms with Gasteiger partial charge < -0.3 is 10.4 Å². The van der Waals surface area contributed by atoms with Crippen molar-refractivity contribution in [2.75, 3.05) is 0 Å². The number of benzene rings is 1. The Hall–Kier alpha value is -2.84. The van der Waals surface area contributed by atoms with E-state index >= 15 is 0 Å². The highest BCUT2D eigenvalue weighted by Crippen LogP contribution is 2.30. The van der Waals surface area contributed by atoms with E-state index in [1.54, 1.807) is 0 Å². The minimum atomic E-state index is -4.48. The van der Waals surface area contributed by atoms with E-state index in [0.717, 1.165) is 16.8 Å². The fourth-order valence-electron chi connectivity index (χ4n) is 2.02. The van der Waals surface area contributed by atoms with Gasteiger partial charge in [0.2, 0.25) is 0 Å². The third kappa shape index (κ3) is 4.34. The number of aliphatic carboxylic acids is 1. The molecule has 0 bridgehead atoms. The van der Waals surface area contributed by atoms with Crippen LogP contribution < -0.4 is 5.32 Å². The summed E-state index contributed by atoms with van der Waals surface area (Å²) in [6.45, 7) is 1.52. The lowest BCUT2D eigenvalue weighted by atomic mass is 10.2. The summed E-state index contributed by atoms with van der Waals surface area (Å²) in [6.07, 6.45) is -3.37. The molecule has 9 heteroatoms. The second-order valence-electron chi connectivity index (χ2n) is 5.17. The molecule has 2 rings (SSSR count). The number of amides is 1. The lowest BCUT2D eigenvalue weighted by Gasteiger charge is -2.10. The Morgan fingerprint density at radius 2 is 2.04 bits per heavy atom. The van der Waals surface area contributed by atoms with Crippen molar-refractivity contribution in [3.63, 3.8) is 0 Å². The summed E-state index contributed by atoms with van der Waals surface area (Å²) in [5.74, 6) is -1.66. The molecule has 1 atom stereocenters. The van der Waals surface area contributed by atoms with Crippen LogP contribution in [-0.2, 0) is 11.0 Å². The Labute approximate surface area is 134 Å². The molecule has 1 aromatic carbocycles. The number of carboxylic acids is 1. The number of nitrogens with zero attached hydrogens (tertiary/aromatic N) is 2. The summed E-state index contributed by atoms with van der Waals surface area (Å²) in [5.41, 5.74) is -0.691. The van der Waals surface area contributed by atoms with E-state index < -0.39 is 29.7 Å². The van der Waals surface area contributed by atoms with Crippen molar-refractivity contribution in [2.24, 2.45) is 0 Å². The number of rotatable bonds is 5. The van der Waals surface area contributed by atoms with Gasteiger partial charge in [0.05, 0.1) is 17.7 Å². The minimum absolute atomic E-state index is 0.0235. The Morgan fingerprint density at radius 3 is 2.67 bits per heavy atom. The van der Waals surface area contributed by atoms with Crippen LogP contribution in [0.15, 0.2) is 36.5 Å². The lowest BCUT2D eigenvalue weighted by Crippen LogP contribution is -2.34. The zero-order valence-corrected chi connectivity index (χ0v) is 12.5. The Morgan fingerprint density at radius 1 is 1.33 bits per heavy atom. The first-order valence-corrected chi connectivity index (χ1v) is 6.93. The monoisotopic (exact) mass is 341 g/mol. The quantitative estimate of drug-likeness (QED) is 0.875. The van der Waals surface area contributed by atoms with Crippen LogP contribution in [0.25, 0.3) is 5.69 Å². The molecule has 1 amide bonds. The van der Waals surface area contributed by atoms with Crippen molar-refractivity contribution in [1.29, 1.82) is 0 Å². The van der Waals surface area contributed by atoms with Gasteiger partial charge in [-0.2, -0.15) is 18.3 Å². The predicted molar refractivity (Wildman–Crippen MR) is 77.7 cm³/mol. The van der Waals surface area contributed by atoms with E-state index in [4.69, 9.17) is 5.11 Å². The molecule has 1 heterocycles. The van der Waals surface area contributed by atoms with Gasteiger partial charge in [0.25, 0.3) is 5.91 Å². The molecular formula is C15H14F3N3O3. The molecular weight excluding hydrogens is 327 g/mol. The van der Waals surface area contributed by atoms with Gasteiger partial charge in [-0.25, -0.2) is 4.68 Å². The number of aromatic nitrogens is 2. The summed E-state index contributed by atoms with van der Waals surface area (Å²) >= 11 is 0. The number of carbonyl (C=O) groups excluding carboxylic acids is 1. The van der Waals surface area contributed by atoms with Crippen LogP contribution in [0.4, 0.5) is 13.2 Å². The topological polar surface area (TPSA) is 84.2 Å². The smallest absolute Gasteiger partial charge is 0.416 e. The molecule has 0 aliphatic heterocycles. The Kier molecular flexibility index (Phi) is 4.91. The summed E-state index contributed by atoms with van der Waals surface area (Å²) in [5, 5.41) is 15.0. The molecule has 6 nitrogen and oxygen atoms in total. The maximum absolute atomic E-state index is 12.7. The van der Waals surface area contributed by atoms with E-state index in [1.807, 2.05) is 0 Å². The van der Waals surface area contributed by atoms with Crippen LogP contribution in [-0.4, -0.2) is 32.8 Å². The van der Waals surface area contributed by atoms with Gasteiger partial charge in [0.15, 0.2) is 5.69 Å². The highest BCUT2D eigenvalue weighted by Gasteiger charge is 2.30. The van der Waals surface area contributed by atoms with E-state index in [0.29, 0.717) is 0 Å². The van der Waals surface area contributed by atoms with Gasteiger partial charge in [-0.1, -0.05) is 6.07 Å². The second kappa shape index (κ2) is 6.73. The highest BCUT2D eigenvalue weighted by molar-refractivity contribution is 5.92. The van der Waals surface area contributed by atoms with Crippen LogP contribution in [0.1, 0.15) is 29.4 Å². The van der Waals surface area contributed by atoms with Crippen molar-refractivity contribution >= 4 is 11.9 Å². The van der Waals surface area contributed by atoms with Crippen molar-refractivity contribution in [3.8, 4) is 5.69 Å². The van der Waals surface area contributed by atoms with Crippen molar-refractivity contribution < 1.29 is 27.9 Å². The highest BCUT2D eigenvalue weighted by atomic mass is 19.4. The van der Waals surface area contributed by atoms with Gasteiger partial charge in [-0.15, -0.1) is 0 Å². The summed E-state index contributed by atoms with van der Waals surface area (Å²) in [6, 6.07) is 5.26. The average molecular weight is 341 g/mol. The second-order valence-corrected chi connectivity index (χ2v) is 5.17. The SMILES string of the molecule is CC(CC(=O)O)NC(=O)c1ccn(-c2cccc(C(F)(F)F)c2)n1. The van der Waals surface area contributed by atoms with Crippen molar-refractivity contribution in [3.05, 3.63) is 47.8 Å². The lowest BCUT2D eigenvalue weighted by molar-refractivity contribution is -0.138. The molecule has 0 aliphatic carbocycles. The fourth-order valence-corrected chi connectivity index (χ4v) is 2.02. The molecule has 1 aromatic heterocycles. The standard InChI is InChI=1S/C15H14F3N3O3/c1-9(7-13(22)23)19-14(24)12-5-6-21(20-12)11-4-2-3-10(8-11)15(16,17)18/h2-6,8-9H,7H2,1H3,(H,19,24)(H,22,23). The minimum Gasteiger partial charge on any atom is -0.481 e. The number of nitrogens with one attached hydrogen (secondary N) is 1. The number of alkyl halides is 3. The van der Waals surface area contributed by atoms with Crippen LogP contribution in [0, 0.1) is 0 Å². The molecule has 0 saturated heterocycles. The predicted octanol–water partition coefficient (Wildman–Crippen LogP) is 2.48. The summed E-state index contributed by atoms with van der Waals surface area (Å²) < 4.78 is 39.3. The summed E-state index contributed by atoms with van der Waals surface area (Å²) in [4.78, 5) is 22.5. The van der Waals surface area contributed by atoms with E-state index in [2.05, 4.69) is 10.4 Å². The molecule has 24 heavy (non-hydrogen) atoms. The summed E-state index contributed by atoms with van der Waals surface area (Å²) in [7, 11) is 0. The number of hydrogen-bond donors (Lipinski definition) is 2. The maximum Gasteiger partial charge on any atom is 0.416 e. The normalized spacial score (nSPS) is 12.7. The number of carbonyl (C=O) groups is 2. The third-order valence-electron chi connectivity index (χ3n) is 3.12. The number of halogens is 3.